The number of hydrogen-bond donors (Lipinski definition) is 3. The number of carboxylic acids is 1. The van der Waals surface area contributed by atoms with Crippen molar-refractivity contribution in [2.45, 2.75) is 50.6 Å². The molecule has 0 aromatic heterocycles. The fourth-order valence-electron chi connectivity index (χ4n) is 6.03. The Kier molecular flexibility index (Phi) is 6.02. The van der Waals surface area contributed by atoms with E-state index in [4.69, 9.17) is 4.74 Å². The Bertz CT molecular complexity index is 1070. The molecule has 3 aliphatic carbocycles. The Hall–Kier alpha value is -3.35. The average molecular weight is 463 g/mol. The molecule has 7 heteroatoms. The van der Waals surface area contributed by atoms with E-state index in [2.05, 4.69) is 34.9 Å². The molecule has 178 valence electrons. The molecular weight excluding hydrogens is 432 g/mol. The van der Waals surface area contributed by atoms with Crippen LogP contribution < -0.4 is 10.6 Å². The standard InChI is InChI=1S/C27H30N2O5/c1-15(10-25(30)29-24-13-16-11-17(26(31)32)12-22(16)24)28-27(33)34-14-23-20-8-4-2-6-18(20)19-7-3-5-9-21(19)23/h2-9,15-17,22-24H,10-14H2,1H3,(H,28,33)(H,29,30)(H,31,32)/t15-,16+,17?,22+,24-/m1/s1. The normalized spacial score (nSPS) is 25.3. The van der Waals surface area contributed by atoms with Crippen LogP contribution in [0.25, 0.3) is 11.1 Å². The number of carbonyl (C=O) groups excluding carboxylic acids is 2. The van der Waals surface area contributed by atoms with E-state index in [1.54, 1.807) is 6.92 Å². The second-order valence-electron chi connectivity index (χ2n) is 9.92. The summed E-state index contributed by atoms with van der Waals surface area (Å²) in [6.45, 7) is 2.01. The highest BCUT2D eigenvalue weighted by Gasteiger charge is 2.49. The summed E-state index contributed by atoms with van der Waals surface area (Å²) in [5.74, 6) is -0.497. The first kappa shape index (κ1) is 22.4. The predicted molar refractivity (Wildman–Crippen MR) is 126 cm³/mol. The topological polar surface area (TPSA) is 105 Å². The van der Waals surface area contributed by atoms with E-state index in [0.717, 1.165) is 17.5 Å². The molecule has 2 fully saturated rings. The lowest BCUT2D eigenvalue weighted by atomic mass is 9.71. The van der Waals surface area contributed by atoms with Crippen LogP contribution in [0.15, 0.2) is 48.5 Å². The van der Waals surface area contributed by atoms with Gasteiger partial charge in [0.2, 0.25) is 5.91 Å². The first-order chi connectivity index (χ1) is 16.4. The lowest BCUT2D eigenvalue weighted by molar-refractivity contribution is -0.141. The SMILES string of the molecule is C[C@H](CC(=O)N[C@@H]1C[C@@H]2CC(C(=O)O)C[C@@H]21)NC(=O)OCC1c2ccccc2-c2ccccc21. The molecule has 3 aliphatic rings. The summed E-state index contributed by atoms with van der Waals surface area (Å²) in [5, 5.41) is 15.0. The predicted octanol–water partition coefficient (Wildman–Crippen LogP) is 3.92. The molecule has 0 spiro atoms. The van der Waals surface area contributed by atoms with Crippen LogP contribution in [0.1, 0.15) is 49.7 Å². The van der Waals surface area contributed by atoms with E-state index in [1.807, 2.05) is 24.3 Å². The molecule has 3 N–H and O–H groups in total. The number of carboxylic acid groups (broad SMARTS) is 1. The van der Waals surface area contributed by atoms with Crippen LogP contribution in [0.2, 0.25) is 0 Å². The number of amides is 2. The molecule has 7 nitrogen and oxygen atoms in total. The number of fused-ring (bicyclic) bond motifs is 4. The Morgan fingerprint density at radius 3 is 2.29 bits per heavy atom. The third-order valence-corrected chi connectivity index (χ3v) is 7.72. The fraction of sp³-hybridized carbons (Fsp3) is 0.444. The van der Waals surface area contributed by atoms with Crippen molar-refractivity contribution >= 4 is 18.0 Å². The summed E-state index contributed by atoms with van der Waals surface area (Å²) in [4.78, 5) is 36.1. The molecule has 0 heterocycles. The third kappa shape index (κ3) is 4.27. The molecule has 5 rings (SSSR count). The average Bonchev–Trinajstić information content (AvgIpc) is 3.31. The molecule has 5 atom stereocenters. The second-order valence-corrected chi connectivity index (χ2v) is 9.92. The summed E-state index contributed by atoms with van der Waals surface area (Å²) < 4.78 is 5.56. The molecule has 34 heavy (non-hydrogen) atoms. The van der Waals surface area contributed by atoms with Gasteiger partial charge in [0.15, 0.2) is 0 Å². The minimum Gasteiger partial charge on any atom is -0.481 e. The van der Waals surface area contributed by atoms with E-state index in [0.29, 0.717) is 18.8 Å². The van der Waals surface area contributed by atoms with Crippen molar-refractivity contribution in [2.75, 3.05) is 6.61 Å². The van der Waals surface area contributed by atoms with E-state index < -0.39 is 12.1 Å². The van der Waals surface area contributed by atoms with Crippen LogP contribution in [0, 0.1) is 17.8 Å². The van der Waals surface area contributed by atoms with Crippen LogP contribution >= 0.6 is 0 Å². The minimum atomic E-state index is -0.736. The van der Waals surface area contributed by atoms with Crippen molar-refractivity contribution in [1.29, 1.82) is 0 Å². The highest BCUT2D eigenvalue weighted by molar-refractivity contribution is 5.80. The van der Waals surface area contributed by atoms with Crippen molar-refractivity contribution in [1.82, 2.24) is 10.6 Å². The molecular formula is C27H30N2O5. The Morgan fingerprint density at radius 1 is 1.00 bits per heavy atom. The number of benzene rings is 2. The largest absolute Gasteiger partial charge is 0.481 e. The Morgan fingerprint density at radius 2 is 1.65 bits per heavy atom. The molecule has 0 saturated heterocycles. The van der Waals surface area contributed by atoms with Crippen LogP contribution in [0.4, 0.5) is 4.79 Å². The van der Waals surface area contributed by atoms with E-state index >= 15 is 0 Å². The fourth-order valence-corrected chi connectivity index (χ4v) is 6.03. The van der Waals surface area contributed by atoms with E-state index in [9.17, 15) is 19.5 Å². The van der Waals surface area contributed by atoms with Gasteiger partial charge in [0.25, 0.3) is 0 Å². The smallest absolute Gasteiger partial charge is 0.407 e. The zero-order chi connectivity index (χ0) is 23.8. The lowest BCUT2D eigenvalue weighted by Crippen LogP contribution is -2.51. The maximum atomic E-state index is 12.5. The summed E-state index contributed by atoms with van der Waals surface area (Å²) in [6, 6.07) is 16.0. The molecule has 0 bridgehead atoms. The van der Waals surface area contributed by atoms with E-state index in [-0.39, 0.29) is 48.8 Å². The van der Waals surface area contributed by atoms with Crippen LogP contribution in [-0.2, 0) is 14.3 Å². The molecule has 0 aliphatic heterocycles. The van der Waals surface area contributed by atoms with Crippen LogP contribution in [0.5, 0.6) is 0 Å². The Labute approximate surface area is 198 Å². The molecule has 1 unspecified atom stereocenters. The zero-order valence-electron chi connectivity index (χ0n) is 19.2. The van der Waals surface area contributed by atoms with Crippen molar-refractivity contribution in [3.63, 3.8) is 0 Å². The molecule has 2 aromatic carbocycles. The second kappa shape index (κ2) is 9.12. The van der Waals surface area contributed by atoms with Gasteiger partial charge in [0.05, 0.1) is 5.92 Å². The van der Waals surface area contributed by atoms with Gasteiger partial charge in [-0.05, 0) is 60.3 Å². The zero-order valence-corrected chi connectivity index (χ0v) is 19.2. The first-order valence-corrected chi connectivity index (χ1v) is 12.0. The van der Waals surface area contributed by atoms with Gasteiger partial charge in [0, 0.05) is 24.4 Å². The number of rotatable bonds is 7. The number of alkyl carbamates (subject to hydrolysis) is 1. The maximum Gasteiger partial charge on any atom is 0.407 e. The highest BCUT2D eigenvalue weighted by atomic mass is 16.5. The van der Waals surface area contributed by atoms with Gasteiger partial charge in [-0.3, -0.25) is 9.59 Å². The molecule has 2 saturated carbocycles. The number of aliphatic carboxylic acids is 1. The molecule has 0 radical (unpaired) electrons. The van der Waals surface area contributed by atoms with Gasteiger partial charge in [-0.2, -0.15) is 0 Å². The van der Waals surface area contributed by atoms with Gasteiger partial charge in [-0.15, -0.1) is 0 Å². The van der Waals surface area contributed by atoms with Crippen molar-refractivity contribution in [2.24, 2.45) is 17.8 Å². The van der Waals surface area contributed by atoms with Crippen LogP contribution in [0.3, 0.4) is 0 Å². The Balaban J connectivity index is 1.09. The van der Waals surface area contributed by atoms with Gasteiger partial charge >= 0.3 is 12.1 Å². The van der Waals surface area contributed by atoms with Gasteiger partial charge in [-0.25, -0.2) is 4.79 Å². The number of hydrogen-bond acceptors (Lipinski definition) is 4. The minimum absolute atomic E-state index is 0.00985. The summed E-state index contributed by atoms with van der Waals surface area (Å²) in [5.41, 5.74) is 4.65. The van der Waals surface area contributed by atoms with Gasteiger partial charge < -0.3 is 20.5 Å². The molecule has 2 amide bonds. The summed E-state index contributed by atoms with van der Waals surface area (Å²) in [6.07, 6.45) is 1.81. The highest BCUT2D eigenvalue weighted by Crippen LogP contribution is 2.49. The quantitative estimate of drug-likeness (QED) is 0.579. The third-order valence-electron chi connectivity index (χ3n) is 7.72. The summed E-state index contributed by atoms with van der Waals surface area (Å²) >= 11 is 0. The van der Waals surface area contributed by atoms with E-state index in [1.165, 1.54) is 11.1 Å². The van der Waals surface area contributed by atoms with Gasteiger partial charge in [0.1, 0.15) is 6.61 Å². The molecule has 2 aromatic rings. The number of ether oxygens (including phenoxy) is 1. The monoisotopic (exact) mass is 462 g/mol. The maximum absolute atomic E-state index is 12.5. The summed E-state index contributed by atoms with van der Waals surface area (Å²) in [7, 11) is 0. The number of carbonyl (C=O) groups is 3. The van der Waals surface area contributed by atoms with Gasteiger partial charge in [-0.1, -0.05) is 48.5 Å². The lowest BCUT2D eigenvalue weighted by Gasteiger charge is -2.41. The van der Waals surface area contributed by atoms with Crippen LogP contribution in [-0.4, -0.2) is 41.8 Å². The number of nitrogens with one attached hydrogen (secondary N) is 2. The van der Waals surface area contributed by atoms with Crippen molar-refractivity contribution < 1.29 is 24.2 Å². The van der Waals surface area contributed by atoms with Crippen molar-refractivity contribution in [3.8, 4) is 11.1 Å². The first-order valence-electron chi connectivity index (χ1n) is 12.0. The van der Waals surface area contributed by atoms with Crippen molar-refractivity contribution in [3.05, 3.63) is 59.7 Å².